The molecule has 0 bridgehead atoms. The number of halogens is 1. The predicted octanol–water partition coefficient (Wildman–Crippen LogP) is 4.70. The monoisotopic (exact) mass is 378 g/mol. The van der Waals surface area contributed by atoms with Crippen LogP contribution in [0.25, 0.3) is 16.5 Å². The van der Waals surface area contributed by atoms with E-state index in [9.17, 15) is 9.18 Å². The highest BCUT2D eigenvalue weighted by atomic mass is 19.1. The summed E-state index contributed by atoms with van der Waals surface area (Å²) in [6.45, 7) is 1.73. The van der Waals surface area contributed by atoms with Crippen molar-refractivity contribution in [2.45, 2.75) is 31.6 Å². The molecule has 4 nitrogen and oxygen atoms in total. The normalized spacial score (nSPS) is 19.5. The summed E-state index contributed by atoms with van der Waals surface area (Å²) in [5.41, 5.74) is 3.78. The molecule has 28 heavy (non-hydrogen) atoms. The standard InChI is InChI=1S/C23H23FN2O2/c1-15-19(5-4-6-20(15)24)23(22(27)28-3)11-9-16(10-12-23)17-7-8-18-14-25-26(2)21(18)13-17/h4-9,13-14H,10-12H2,1-3H3. The van der Waals surface area contributed by atoms with Crippen LogP contribution in [0, 0.1) is 12.7 Å². The summed E-state index contributed by atoms with van der Waals surface area (Å²) in [7, 11) is 3.32. The Hall–Kier alpha value is -2.95. The van der Waals surface area contributed by atoms with Crippen molar-refractivity contribution in [3.8, 4) is 0 Å². The smallest absolute Gasteiger partial charge is 0.316 e. The summed E-state index contributed by atoms with van der Waals surface area (Å²) in [6, 6.07) is 11.2. The van der Waals surface area contributed by atoms with E-state index in [-0.39, 0.29) is 11.8 Å². The zero-order valence-electron chi connectivity index (χ0n) is 16.3. The lowest BCUT2D eigenvalue weighted by molar-refractivity contribution is -0.148. The minimum atomic E-state index is -0.846. The van der Waals surface area contributed by atoms with Crippen LogP contribution in [0.1, 0.15) is 36.0 Å². The number of carbonyl (C=O) groups excluding carboxylic acids is 1. The molecule has 0 amide bonds. The predicted molar refractivity (Wildman–Crippen MR) is 107 cm³/mol. The van der Waals surface area contributed by atoms with E-state index in [0.29, 0.717) is 24.8 Å². The Labute approximate surface area is 163 Å². The van der Waals surface area contributed by atoms with Gasteiger partial charge >= 0.3 is 5.97 Å². The lowest BCUT2D eigenvalue weighted by atomic mass is 9.68. The Balaban J connectivity index is 1.75. The average Bonchev–Trinajstić information content (AvgIpc) is 3.10. The number of esters is 1. The maximum absolute atomic E-state index is 14.2. The van der Waals surface area contributed by atoms with Gasteiger partial charge in [0.1, 0.15) is 5.82 Å². The van der Waals surface area contributed by atoms with Crippen LogP contribution >= 0.6 is 0 Å². The highest BCUT2D eigenvalue weighted by Gasteiger charge is 2.43. The van der Waals surface area contributed by atoms with Gasteiger partial charge in [0.05, 0.1) is 24.2 Å². The molecule has 144 valence electrons. The first kappa shape index (κ1) is 18.4. The molecular formula is C23H23FN2O2. The number of rotatable bonds is 3. The van der Waals surface area contributed by atoms with E-state index >= 15 is 0 Å². The molecule has 1 aliphatic rings. The van der Waals surface area contributed by atoms with Crippen LogP contribution in [-0.4, -0.2) is 22.9 Å². The summed E-state index contributed by atoms with van der Waals surface area (Å²) >= 11 is 0. The molecule has 1 unspecified atom stereocenters. The molecular weight excluding hydrogens is 355 g/mol. The quantitative estimate of drug-likeness (QED) is 0.621. The second-order valence-corrected chi connectivity index (χ2v) is 7.46. The SMILES string of the molecule is COC(=O)C1(c2cccc(F)c2C)CC=C(c2ccc3cnn(C)c3c2)CC1. The fourth-order valence-electron chi connectivity index (χ4n) is 4.32. The maximum Gasteiger partial charge on any atom is 0.316 e. The number of aromatic nitrogens is 2. The van der Waals surface area contributed by atoms with Gasteiger partial charge in [-0.2, -0.15) is 5.10 Å². The molecule has 2 aromatic carbocycles. The first-order valence-corrected chi connectivity index (χ1v) is 9.41. The molecule has 5 heteroatoms. The van der Waals surface area contributed by atoms with Crippen molar-refractivity contribution < 1.29 is 13.9 Å². The molecule has 3 aromatic rings. The number of fused-ring (bicyclic) bond motifs is 1. The zero-order chi connectivity index (χ0) is 19.9. The van der Waals surface area contributed by atoms with Crippen LogP contribution in [0.2, 0.25) is 0 Å². The number of hydrogen-bond acceptors (Lipinski definition) is 3. The number of ether oxygens (including phenoxy) is 1. The van der Waals surface area contributed by atoms with Crippen LogP contribution < -0.4 is 0 Å². The lowest BCUT2D eigenvalue weighted by Gasteiger charge is -2.35. The van der Waals surface area contributed by atoms with Crippen molar-refractivity contribution in [1.29, 1.82) is 0 Å². The lowest BCUT2D eigenvalue weighted by Crippen LogP contribution is -2.39. The topological polar surface area (TPSA) is 44.1 Å². The van der Waals surface area contributed by atoms with Crippen molar-refractivity contribution in [2.24, 2.45) is 7.05 Å². The Morgan fingerprint density at radius 1 is 1.29 bits per heavy atom. The van der Waals surface area contributed by atoms with Gasteiger partial charge in [0.15, 0.2) is 0 Å². The number of nitrogens with zero attached hydrogens (tertiary/aromatic N) is 2. The van der Waals surface area contributed by atoms with Crippen LogP contribution in [0.3, 0.4) is 0 Å². The second-order valence-electron chi connectivity index (χ2n) is 7.46. The van der Waals surface area contributed by atoms with Crippen LogP contribution in [0.15, 0.2) is 48.7 Å². The average molecular weight is 378 g/mol. The Morgan fingerprint density at radius 3 is 2.82 bits per heavy atom. The summed E-state index contributed by atoms with van der Waals surface area (Å²) in [5, 5.41) is 5.40. The van der Waals surface area contributed by atoms with E-state index in [4.69, 9.17) is 4.74 Å². The first-order chi connectivity index (χ1) is 13.5. The number of carbonyl (C=O) groups is 1. The van der Waals surface area contributed by atoms with Gasteiger partial charge in [0.2, 0.25) is 0 Å². The van der Waals surface area contributed by atoms with Crippen molar-refractivity contribution in [2.75, 3.05) is 7.11 Å². The highest BCUT2D eigenvalue weighted by molar-refractivity contribution is 5.87. The molecule has 0 saturated heterocycles. The summed E-state index contributed by atoms with van der Waals surface area (Å²) in [6.07, 6.45) is 5.74. The number of allylic oxidation sites excluding steroid dienone is 2. The van der Waals surface area contributed by atoms with Gasteiger partial charge in [-0.25, -0.2) is 4.39 Å². The summed E-state index contributed by atoms with van der Waals surface area (Å²) in [5.74, 6) is -0.601. The fourth-order valence-corrected chi connectivity index (χ4v) is 4.32. The molecule has 1 aromatic heterocycles. The largest absolute Gasteiger partial charge is 0.468 e. The number of methoxy groups -OCH3 is 1. The highest BCUT2D eigenvalue weighted by Crippen LogP contribution is 2.44. The number of hydrogen-bond donors (Lipinski definition) is 0. The minimum Gasteiger partial charge on any atom is -0.468 e. The molecule has 1 aliphatic carbocycles. The van der Waals surface area contributed by atoms with E-state index in [1.165, 1.54) is 18.7 Å². The minimum absolute atomic E-state index is 0.294. The van der Waals surface area contributed by atoms with Gasteiger partial charge in [-0.05, 0) is 60.6 Å². The Kier molecular flexibility index (Phi) is 4.53. The Morgan fingerprint density at radius 2 is 2.11 bits per heavy atom. The summed E-state index contributed by atoms with van der Waals surface area (Å²) < 4.78 is 21.2. The molecule has 0 radical (unpaired) electrons. The molecule has 0 N–H and O–H groups in total. The molecule has 0 aliphatic heterocycles. The molecule has 0 spiro atoms. The molecule has 1 heterocycles. The van der Waals surface area contributed by atoms with E-state index in [2.05, 4.69) is 29.4 Å². The number of aryl methyl sites for hydroxylation is 1. The van der Waals surface area contributed by atoms with Crippen molar-refractivity contribution in [1.82, 2.24) is 9.78 Å². The van der Waals surface area contributed by atoms with Crippen LogP contribution in [0.4, 0.5) is 4.39 Å². The summed E-state index contributed by atoms with van der Waals surface area (Å²) in [4.78, 5) is 12.8. The molecule has 4 rings (SSSR count). The fraction of sp³-hybridized carbons (Fsp3) is 0.304. The van der Waals surface area contributed by atoms with Crippen molar-refractivity contribution in [3.63, 3.8) is 0 Å². The van der Waals surface area contributed by atoms with E-state index in [1.54, 1.807) is 13.0 Å². The van der Waals surface area contributed by atoms with E-state index < -0.39 is 5.41 Å². The van der Waals surface area contributed by atoms with Gasteiger partial charge in [-0.3, -0.25) is 9.48 Å². The van der Waals surface area contributed by atoms with Gasteiger partial charge in [0.25, 0.3) is 0 Å². The second kappa shape index (κ2) is 6.89. The third-order valence-electron chi connectivity index (χ3n) is 6.00. The molecule has 0 saturated carbocycles. The van der Waals surface area contributed by atoms with Crippen molar-refractivity contribution in [3.05, 3.63) is 71.2 Å². The Bertz CT molecular complexity index is 1100. The maximum atomic E-state index is 14.2. The van der Waals surface area contributed by atoms with Crippen LogP contribution in [-0.2, 0) is 22.0 Å². The molecule has 0 fully saturated rings. The van der Waals surface area contributed by atoms with Gasteiger partial charge in [-0.15, -0.1) is 0 Å². The van der Waals surface area contributed by atoms with Gasteiger partial charge in [0, 0.05) is 12.4 Å². The first-order valence-electron chi connectivity index (χ1n) is 9.41. The van der Waals surface area contributed by atoms with Crippen LogP contribution in [0.5, 0.6) is 0 Å². The van der Waals surface area contributed by atoms with Gasteiger partial charge < -0.3 is 4.74 Å². The molecule has 1 atom stereocenters. The van der Waals surface area contributed by atoms with Crippen molar-refractivity contribution >= 4 is 22.4 Å². The number of benzene rings is 2. The van der Waals surface area contributed by atoms with E-state index in [1.807, 2.05) is 24.0 Å². The third-order valence-corrected chi connectivity index (χ3v) is 6.00. The third kappa shape index (κ3) is 2.82. The zero-order valence-corrected chi connectivity index (χ0v) is 16.3. The van der Waals surface area contributed by atoms with Gasteiger partial charge in [-0.1, -0.05) is 30.3 Å². The van der Waals surface area contributed by atoms with E-state index in [0.717, 1.165) is 22.0 Å².